The number of fused-ring (bicyclic) bond motifs is 1. The Morgan fingerprint density at radius 2 is 1.55 bits per heavy atom. The number of ether oxygens (including phenoxy) is 2. The Morgan fingerprint density at radius 3 is 2.23 bits per heavy atom. The molecule has 7 nitrogen and oxygen atoms in total. The Kier molecular flexibility index (Phi) is 4.98. The van der Waals surface area contributed by atoms with Gasteiger partial charge in [-0.25, -0.2) is 8.42 Å². The number of rotatable bonds is 4. The molecule has 8 heteroatoms. The lowest BCUT2D eigenvalue weighted by atomic mass is 10.00. The van der Waals surface area contributed by atoms with Crippen molar-refractivity contribution in [2.75, 3.05) is 39.4 Å². The van der Waals surface area contributed by atoms with Crippen LogP contribution in [-0.4, -0.2) is 62.9 Å². The van der Waals surface area contributed by atoms with E-state index in [0.29, 0.717) is 50.9 Å². The molecule has 2 aromatic rings. The third kappa shape index (κ3) is 3.59. The minimum absolute atomic E-state index is 0.0712. The lowest BCUT2D eigenvalue weighted by Crippen LogP contribution is -2.38. The number of benzene rings is 2. The van der Waals surface area contributed by atoms with Crippen molar-refractivity contribution < 1.29 is 22.7 Å². The molecular formula is C23H24N2O5S. The third-order valence-electron chi connectivity index (χ3n) is 6.13. The minimum Gasteiger partial charge on any atom is -0.486 e. The molecule has 0 radical (unpaired) electrons. The summed E-state index contributed by atoms with van der Waals surface area (Å²) in [6.07, 6.45) is 0. The fourth-order valence-electron chi connectivity index (χ4n) is 4.36. The van der Waals surface area contributed by atoms with Gasteiger partial charge >= 0.3 is 0 Å². The topological polar surface area (TPSA) is 76.2 Å². The van der Waals surface area contributed by atoms with Crippen LogP contribution in [0.5, 0.6) is 11.5 Å². The molecule has 0 aromatic heterocycles. The van der Waals surface area contributed by atoms with Crippen LogP contribution in [0.4, 0.5) is 0 Å². The van der Waals surface area contributed by atoms with E-state index in [4.69, 9.17) is 9.47 Å². The van der Waals surface area contributed by atoms with Gasteiger partial charge in [0.15, 0.2) is 11.5 Å². The zero-order chi connectivity index (χ0) is 21.6. The van der Waals surface area contributed by atoms with Crippen molar-refractivity contribution in [2.45, 2.75) is 17.7 Å². The van der Waals surface area contributed by atoms with Gasteiger partial charge in [0.2, 0.25) is 15.9 Å². The maximum atomic E-state index is 13.2. The van der Waals surface area contributed by atoms with Crippen LogP contribution in [0.1, 0.15) is 18.4 Å². The summed E-state index contributed by atoms with van der Waals surface area (Å²) in [5.74, 6) is 0.869. The second-order valence-electron chi connectivity index (χ2n) is 8.11. The van der Waals surface area contributed by atoms with E-state index >= 15 is 0 Å². The fraction of sp³-hybridized carbons (Fsp3) is 0.348. The van der Waals surface area contributed by atoms with Crippen LogP contribution in [0, 0.1) is 0 Å². The van der Waals surface area contributed by atoms with Gasteiger partial charge in [-0.05, 0) is 35.8 Å². The van der Waals surface area contributed by atoms with E-state index in [-0.39, 0.29) is 16.7 Å². The summed E-state index contributed by atoms with van der Waals surface area (Å²) < 4.78 is 38.9. The first-order valence-electron chi connectivity index (χ1n) is 10.4. The van der Waals surface area contributed by atoms with E-state index in [1.807, 2.05) is 42.2 Å². The van der Waals surface area contributed by atoms with Gasteiger partial charge in [-0.3, -0.25) is 4.79 Å². The molecule has 1 atom stereocenters. The second kappa shape index (κ2) is 7.69. The lowest BCUT2D eigenvalue weighted by Gasteiger charge is -2.25. The molecule has 3 aliphatic rings. The molecule has 1 amide bonds. The fourth-order valence-corrected chi connectivity index (χ4v) is 5.81. The SMILES string of the molecule is C[C@H](C(=O)N1CC2=C(C1)CN(S(=O)(=O)c1ccc3c(c1)OCCO3)C2)c1ccccc1. The molecule has 0 spiro atoms. The molecule has 0 fully saturated rings. The molecule has 0 unspecified atom stereocenters. The molecule has 0 N–H and O–H groups in total. The first kappa shape index (κ1) is 20.1. The lowest BCUT2D eigenvalue weighted by molar-refractivity contribution is -0.131. The van der Waals surface area contributed by atoms with E-state index in [1.54, 1.807) is 12.1 Å². The smallest absolute Gasteiger partial charge is 0.243 e. The first-order chi connectivity index (χ1) is 14.9. The number of hydrogen-bond acceptors (Lipinski definition) is 5. The number of hydrogen-bond donors (Lipinski definition) is 0. The van der Waals surface area contributed by atoms with Crippen molar-refractivity contribution >= 4 is 15.9 Å². The van der Waals surface area contributed by atoms with Gasteiger partial charge in [0.1, 0.15) is 13.2 Å². The van der Waals surface area contributed by atoms with Crippen LogP contribution in [0.2, 0.25) is 0 Å². The van der Waals surface area contributed by atoms with Crippen LogP contribution >= 0.6 is 0 Å². The van der Waals surface area contributed by atoms with Crippen LogP contribution in [0.3, 0.4) is 0 Å². The van der Waals surface area contributed by atoms with Crippen LogP contribution < -0.4 is 9.47 Å². The monoisotopic (exact) mass is 440 g/mol. The zero-order valence-corrected chi connectivity index (χ0v) is 18.1. The van der Waals surface area contributed by atoms with Crippen LogP contribution in [-0.2, 0) is 14.8 Å². The predicted octanol–water partition coefficient (Wildman–Crippen LogP) is 2.40. The summed E-state index contributed by atoms with van der Waals surface area (Å²) in [5, 5.41) is 0. The molecule has 3 aliphatic heterocycles. The molecule has 0 bridgehead atoms. The van der Waals surface area contributed by atoms with Gasteiger partial charge < -0.3 is 14.4 Å². The molecule has 5 rings (SSSR count). The summed E-state index contributed by atoms with van der Waals surface area (Å²) in [6.45, 7) is 4.38. The van der Waals surface area contributed by atoms with Crippen molar-refractivity contribution in [3.8, 4) is 11.5 Å². The molecular weight excluding hydrogens is 416 g/mol. The number of sulfonamides is 1. The van der Waals surface area contributed by atoms with Crippen molar-refractivity contribution in [3.63, 3.8) is 0 Å². The van der Waals surface area contributed by atoms with Gasteiger partial charge in [-0.15, -0.1) is 0 Å². The number of nitrogens with zero attached hydrogens (tertiary/aromatic N) is 2. The van der Waals surface area contributed by atoms with E-state index in [2.05, 4.69) is 0 Å². The highest BCUT2D eigenvalue weighted by molar-refractivity contribution is 7.89. The van der Waals surface area contributed by atoms with Crippen LogP contribution in [0.15, 0.2) is 64.6 Å². The molecule has 162 valence electrons. The van der Waals surface area contributed by atoms with Crippen molar-refractivity contribution in [2.24, 2.45) is 0 Å². The van der Waals surface area contributed by atoms with Gasteiger partial charge in [0.25, 0.3) is 0 Å². The molecule has 0 saturated heterocycles. The Morgan fingerprint density at radius 1 is 0.903 bits per heavy atom. The number of carbonyl (C=O) groups is 1. The third-order valence-corrected chi connectivity index (χ3v) is 7.92. The summed E-state index contributed by atoms with van der Waals surface area (Å²) in [7, 11) is -3.66. The average molecular weight is 441 g/mol. The Labute approximate surface area is 181 Å². The van der Waals surface area contributed by atoms with Gasteiger partial charge in [-0.2, -0.15) is 4.31 Å². The Balaban J connectivity index is 1.26. The Bertz CT molecular complexity index is 1140. The zero-order valence-electron chi connectivity index (χ0n) is 17.3. The van der Waals surface area contributed by atoms with E-state index < -0.39 is 10.0 Å². The van der Waals surface area contributed by atoms with Gasteiger partial charge in [0, 0.05) is 32.2 Å². The van der Waals surface area contributed by atoms with E-state index in [9.17, 15) is 13.2 Å². The molecule has 31 heavy (non-hydrogen) atoms. The molecule has 0 aliphatic carbocycles. The summed E-state index contributed by atoms with van der Waals surface area (Å²) in [5.41, 5.74) is 3.03. The largest absolute Gasteiger partial charge is 0.486 e. The predicted molar refractivity (Wildman–Crippen MR) is 115 cm³/mol. The highest BCUT2D eigenvalue weighted by Crippen LogP contribution is 2.36. The normalized spacial score (nSPS) is 19.5. The van der Waals surface area contributed by atoms with Gasteiger partial charge in [0.05, 0.1) is 10.8 Å². The molecule has 3 heterocycles. The Hall–Kier alpha value is -2.84. The molecule has 0 saturated carbocycles. The molecule has 2 aromatic carbocycles. The summed E-state index contributed by atoms with van der Waals surface area (Å²) in [6, 6.07) is 14.5. The standard InChI is InChI=1S/C23H24N2O5S/c1-16(17-5-3-2-4-6-17)23(26)24-12-18-14-25(15-19(18)13-24)31(27,28)20-7-8-21-22(11-20)30-10-9-29-21/h2-8,11,16H,9-10,12-15H2,1H3/t16-/m0/s1. The maximum Gasteiger partial charge on any atom is 0.243 e. The maximum absolute atomic E-state index is 13.2. The average Bonchev–Trinajstić information content (AvgIpc) is 3.38. The minimum atomic E-state index is -3.66. The summed E-state index contributed by atoms with van der Waals surface area (Å²) >= 11 is 0. The van der Waals surface area contributed by atoms with Crippen molar-refractivity contribution in [1.29, 1.82) is 0 Å². The second-order valence-corrected chi connectivity index (χ2v) is 10.1. The highest BCUT2D eigenvalue weighted by Gasteiger charge is 2.38. The van der Waals surface area contributed by atoms with Crippen molar-refractivity contribution in [1.82, 2.24) is 9.21 Å². The number of carbonyl (C=O) groups excluding carboxylic acids is 1. The quantitative estimate of drug-likeness (QED) is 0.683. The van der Waals surface area contributed by atoms with Gasteiger partial charge in [-0.1, -0.05) is 30.3 Å². The van der Waals surface area contributed by atoms with Crippen molar-refractivity contribution in [3.05, 3.63) is 65.2 Å². The summed E-state index contributed by atoms with van der Waals surface area (Å²) in [4.78, 5) is 15.0. The number of amides is 1. The van der Waals surface area contributed by atoms with E-state index in [1.165, 1.54) is 10.4 Å². The highest BCUT2D eigenvalue weighted by atomic mass is 32.2. The van der Waals surface area contributed by atoms with Crippen LogP contribution in [0.25, 0.3) is 0 Å². The van der Waals surface area contributed by atoms with E-state index in [0.717, 1.165) is 16.7 Å². The first-order valence-corrected chi connectivity index (χ1v) is 11.8.